The molecule has 2 atom stereocenters. The summed E-state index contributed by atoms with van der Waals surface area (Å²) < 4.78 is 26.7. The maximum absolute atomic E-state index is 12.8. The maximum Gasteiger partial charge on any atom is 0.255 e. The van der Waals surface area contributed by atoms with Crippen molar-refractivity contribution in [1.29, 1.82) is 0 Å². The van der Waals surface area contributed by atoms with Gasteiger partial charge < -0.3 is 0 Å². The third kappa shape index (κ3) is 1.84. The van der Waals surface area contributed by atoms with Gasteiger partial charge in [-0.25, -0.2) is 8.42 Å². The van der Waals surface area contributed by atoms with Gasteiger partial charge in [0.25, 0.3) is 10.0 Å². The molecule has 2 aliphatic carbocycles. The van der Waals surface area contributed by atoms with Gasteiger partial charge in [-0.3, -0.25) is 4.79 Å². The Kier molecular flexibility index (Phi) is 2.94. The van der Waals surface area contributed by atoms with E-state index >= 15 is 0 Å². The number of hydrogen-bond acceptors (Lipinski definition) is 4. The minimum atomic E-state index is -3.62. The number of nitrogens with zero attached hydrogens (tertiary/aromatic N) is 2. The number of aromatic nitrogens is 2. The SMILES string of the molecule is Cc1cc(C)n(S(=O)(=O)CC23CCC(CC2=O)C3(C)C)n1. The van der Waals surface area contributed by atoms with Gasteiger partial charge in [0.15, 0.2) is 0 Å². The lowest BCUT2D eigenvalue weighted by Crippen LogP contribution is -2.43. The van der Waals surface area contributed by atoms with E-state index in [0.717, 1.165) is 10.5 Å². The molecule has 1 aromatic rings. The van der Waals surface area contributed by atoms with Crippen LogP contribution in [0.15, 0.2) is 6.07 Å². The molecule has 2 saturated carbocycles. The second-order valence-corrected chi connectivity index (χ2v) is 8.99. The summed E-state index contributed by atoms with van der Waals surface area (Å²) in [5, 5.41) is 4.09. The lowest BCUT2D eigenvalue weighted by molar-refractivity contribution is -0.128. The monoisotopic (exact) mass is 310 g/mol. The van der Waals surface area contributed by atoms with Gasteiger partial charge in [-0.15, -0.1) is 0 Å². The molecule has 116 valence electrons. The molecule has 1 heterocycles. The minimum absolute atomic E-state index is 0.119. The Morgan fingerprint density at radius 3 is 2.48 bits per heavy atom. The standard InChI is InChI=1S/C15H22N2O3S/c1-10-7-11(2)17(16-10)21(19,20)9-15-6-5-12(8-13(15)18)14(15,3)4/h7,12H,5-6,8-9H2,1-4H3. The van der Waals surface area contributed by atoms with Crippen molar-refractivity contribution in [1.82, 2.24) is 9.19 Å². The summed E-state index contributed by atoms with van der Waals surface area (Å²) in [5.41, 5.74) is 0.298. The average Bonchev–Trinajstić information content (AvgIpc) is 2.87. The van der Waals surface area contributed by atoms with Crippen LogP contribution in [0, 0.1) is 30.6 Å². The molecule has 2 unspecified atom stereocenters. The van der Waals surface area contributed by atoms with E-state index in [9.17, 15) is 13.2 Å². The predicted molar refractivity (Wildman–Crippen MR) is 79.4 cm³/mol. The van der Waals surface area contributed by atoms with E-state index in [-0.39, 0.29) is 17.0 Å². The molecule has 5 nitrogen and oxygen atoms in total. The summed E-state index contributed by atoms with van der Waals surface area (Å²) in [6, 6.07) is 1.74. The zero-order chi connectivity index (χ0) is 15.6. The van der Waals surface area contributed by atoms with E-state index in [0.29, 0.717) is 30.1 Å². The third-order valence-corrected chi connectivity index (χ3v) is 7.55. The predicted octanol–water partition coefficient (Wildman–Crippen LogP) is 2.07. The van der Waals surface area contributed by atoms with Crippen molar-refractivity contribution in [3.8, 4) is 0 Å². The van der Waals surface area contributed by atoms with Gasteiger partial charge in [-0.05, 0) is 44.1 Å². The van der Waals surface area contributed by atoms with E-state index in [4.69, 9.17) is 0 Å². The van der Waals surface area contributed by atoms with Gasteiger partial charge in [0.05, 0.1) is 22.6 Å². The first kappa shape index (κ1) is 14.8. The fraction of sp³-hybridized carbons (Fsp3) is 0.733. The summed E-state index contributed by atoms with van der Waals surface area (Å²) >= 11 is 0. The van der Waals surface area contributed by atoms with Crippen LogP contribution in [0.25, 0.3) is 0 Å². The van der Waals surface area contributed by atoms with E-state index in [1.54, 1.807) is 19.9 Å². The first-order chi connectivity index (χ1) is 9.60. The van der Waals surface area contributed by atoms with Gasteiger partial charge in [0.1, 0.15) is 5.78 Å². The second-order valence-electron chi connectivity index (χ2n) is 7.19. The molecule has 0 spiro atoms. The minimum Gasteiger partial charge on any atom is -0.299 e. The fourth-order valence-electron chi connectivity index (χ4n) is 4.37. The molecule has 3 rings (SSSR count). The molecule has 0 saturated heterocycles. The number of hydrogen-bond donors (Lipinski definition) is 0. The Morgan fingerprint density at radius 1 is 1.38 bits per heavy atom. The summed E-state index contributed by atoms with van der Waals surface area (Å²) in [7, 11) is -3.62. The zero-order valence-electron chi connectivity index (χ0n) is 13.0. The first-order valence-corrected chi connectivity index (χ1v) is 9.01. The van der Waals surface area contributed by atoms with Crippen LogP contribution in [0.5, 0.6) is 0 Å². The fourth-order valence-corrected chi connectivity index (χ4v) is 6.54. The van der Waals surface area contributed by atoms with Crippen LogP contribution in [0.4, 0.5) is 0 Å². The Bertz CT molecular complexity index is 717. The molecular formula is C15H22N2O3S. The van der Waals surface area contributed by atoms with Gasteiger partial charge in [0.2, 0.25) is 0 Å². The highest BCUT2D eigenvalue weighted by atomic mass is 32.2. The summed E-state index contributed by atoms with van der Waals surface area (Å²) in [6.07, 6.45) is 2.16. The molecule has 2 aliphatic rings. The average molecular weight is 310 g/mol. The van der Waals surface area contributed by atoms with Crippen molar-refractivity contribution >= 4 is 15.8 Å². The Labute approximate surface area is 125 Å². The lowest BCUT2D eigenvalue weighted by atomic mass is 9.70. The zero-order valence-corrected chi connectivity index (χ0v) is 13.8. The molecule has 0 amide bonds. The normalized spacial score (nSPS) is 31.0. The third-order valence-electron chi connectivity index (χ3n) is 5.80. The van der Waals surface area contributed by atoms with Crippen molar-refractivity contribution in [2.45, 2.75) is 47.0 Å². The van der Waals surface area contributed by atoms with Gasteiger partial charge in [0, 0.05) is 6.42 Å². The van der Waals surface area contributed by atoms with Crippen LogP contribution >= 0.6 is 0 Å². The molecule has 21 heavy (non-hydrogen) atoms. The highest BCUT2D eigenvalue weighted by molar-refractivity contribution is 7.89. The Balaban J connectivity index is 2.03. The van der Waals surface area contributed by atoms with E-state index in [2.05, 4.69) is 5.10 Å². The molecular weight excluding hydrogens is 288 g/mol. The lowest BCUT2D eigenvalue weighted by Gasteiger charge is -2.36. The van der Waals surface area contributed by atoms with Gasteiger partial charge >= 0.3 is 0 Å². The van der Waals surface area contributed by atoms with Gasteiger partial charge in [-0.1, -0.05) is 13.8 Å². The maximum atomic E-state index is 12.8. The van der Waals surface area contributed by atoms with E-state index < -0.39 is 15.4 Å². The quantitative estimate of drug-likeness (QED) is 0.857. The molecule has 0 aromatic carbocycles. The van der Waals surface area contributed by atoms with E-state index in [1.807, 2.05) is 13.8 Å². The van der Waals surface area contributed by atoms with Crippen LogP contribution < -0.4 is 0 Å². The summed E-state index contributed by atoms with van der Waals surface area (Å²) in [4.78, 5) is 12.5. The first-order valence-electron chi connectivity index (χ1n) is 7.40. The Morgan fingerprint density at radius 2 is 2.05 bits per heavy atom. The van der Waals surface area contributed by atoms with Crippen molar-refractivity contribution in [2.75, 3.05) is 5.75 Å². The van der Waals surface area contributed by atoms with Crippen LogP contribution in [0.2, 0.25) is 0 Å². The number of fused-ring (bicyclic) bond motifs is 2. The summed E-state index contributed by atoms with van der Waals surface area (Å²) in [6.45, 7) is 7.60. The molecule has 2 fully saturated rings. The molecule has 0 aliphatic heterocycles. The highest BCUT2D eigenvalue weighted by Gasteiger charge is 2.65. The summed E-state index contributed by atoms with van der Waals surface area (Å²) in [5.74, 6) is 0.319. The van der Waals surface area contributed by atoms with Crippen molar-refractivity contribution in [3.05, 3.63) is 17.5 Å². The highest BCUT2D eigenvalue weighted by Crippen LogP contribution is 2.64. The number of carbonyl (C=O) groups is 1. The van der Waals surface area contributed by atoms with Crippen LogP contribution in [-0.2, 0) is 14.8 Å². The van der Waals surface area contributed by atoms with Crippen LogP contribution in [0.1, 0.15) is 44.5 Å². The second kappa shape index (κ2) is 4.18. The molecule has 1 aromatic heterocycles. The molecule has 0 N–H and O–H groups in total. The molecule has 2 bridgehead atoms. The van der Waals surface area contributed by atoms with Crippen LogP contribution in [-0.4, -0.2) is 29.1 Å². The molecule has 0 radical (unpaired) electrons. The van der Waals surface area contributed by atoms with Crippen molar-refractivity contribution in [3.63, 3.8) is 0 Å². The van der Waals surface area contributed by atoms with Gasteiger partial charge in [-0.2, -0.15) is 9.19 Å². The largest absolute Gasteiger partial charge is 0.299 e. The number of rotatable bonds is 3. The molecule has 6 heteroatoms. The van der Waals surface area contributed by atoms with Crippen LogP contribution in [0.3, 0.4) is 0 Å². The van der Waals surface area contributed by atoms with E-state index in [1.165, 1.54) is 0 Å². The van der Waals surface area contributed by atoms with Crippen molar-refractivity contribution in [2.24, 2.45) is 16.7 Å². The Hall–Kier alpha value is -1.17. The topological polar surface area (TPSA) is 69.0 Å². The number of Topliss-reactive ketones (excluding diaryl/α,β-unsaturated/α-hetero) is 1. The number of carbonyl (C=O) groups excluding carboxylic acids is 1. The number of aryl methyl sites for hydroxylation is 2. The van der Waals surface area contributed by atoms with Crippen molar-refractivity contribution < 1.29 is 13.2 Å². The number of ketones is 1. The smallest absolute Gasteiger partial charge is 0.255 e.